The maximum absolute atomic E-state index is 12.3. The summed E-state index contributed by atoms with van der Waals surface area (Å²) in [5.41, 5.74) is 1.32. The Morgan fingerprint density at radius 1 is 1.29 bits per heavy atom. The molecule has 7 nitrogen and oxygen atoms in total. The Hall–Kier alpha value is -1.93. The number of hydrogen-bond acceptors (Lipinski definition) is 4. The molecule has 2 rings (SSSR count). The number of hydrogen-bond donors (Lipinski definition) is 2. The Kier molecular flexibility index (Phi) is 5.95. The van der Waals surface area contributed by atoms with Gasteiger partial charge in [-0.1, -0.05) is 12.1 Å². The molecule has 1 fully saturated rings. The van der Waals surface area contributed by atoms with Crippen LogP contribution in [0.5, 0.6) is 0 Å². The Balaban J connectivity index is 1.99. The van der Waals surface area contributed by atoms with E-state index in [0.717, 1.165) is 11.8 Å². The van der Waals surface area contributed by atoms with Crippen molar-refractivity contribution < 1.29 is 18.0 Å². The Morgan fingerprint density at radius 3 is 2.71 bits per heavy atom. The van der Waals surface area contributed by atoms with E-state index >= 15 is 0 Å². The third-order valence-electron chi connectivity index (χ3n) is 3.93. The molecule has 24 heavy (non-hydrogen) atoms. The first-order chi connectivity index (χ1) is 11.3. The summed E-state index contributed by atoms with van der Waals surface area (Å²) in [6.45, 7) is 3.02. The number of rotatable bonds is 6. The minimum Gasteiger partial charge on any atom is -0.352 e. The van der Waals surface area contributed by atoms with Gasteiger partial charge in [-0.2, -0.15) is 4.31 Å². The van der Waals surface area contributed by atoms with Gasteiger partial charge in [-0.15, -0.1) is 0 Å². The molecule has 1 aliphatic rings. The summed E-state index contributed by atoms with van der Waals surface area (Å²) in [6.07, 6.45) is 2.32. The average Bonchev–Trinajstić information content (AvgIpc) is 3.03. The Morgan fingerprint density at radius 2 is 2.04 bits per heavy atom. The summed E-state index contributed by atoms with van der Waals surface area (Å²) >= 11 is 0. The predicted octanol–water partition coefficient (Wildman–Crippen LogP) is 0.477. The summed E-state index contributed by atoms with van der Waals surface area (Å²) in [6, 6.07) is 6.34. The molecule has 1 saturated heterocycles. The number of nitrogens with zero attached hydrogens (tertiary/aromatic N) is 1. The van der Waals surface area contributed by atoms with Gasteiger partial charge in [0, 0.05) is 25.2 Å². The third kappa shape index (κ3) is 4.55. The van der Waals surface area contributed by atoms with Crippen molar-refractivity contribution in [2.45, 2.75) is 32.4 Å². The fraction of sp³-hybridized carbons (Fsp3) is 0.500. The largest absolute Gasteiger partial charge is 0.352 e. The summed E-state index contributed by atoms with van der Waals surface area (Å²) in [7, 11) is -3.38. The number of sulfonamides is 1. The van der Waals surface area contributed by atoms with Crippen LogP contribution in [0.3, 0.4) is 0 Å². The van der Waals surface area contributed by atoms with Gasteiger partial charge in [-0.3, -0.25) is 9.59 Å². The average molecular weight is 353 g/mol. The standard InChI is InChI=1S/C16H23N3O4S/c1-3-17-15(20)13-7-4-6-12(10-13)11-18-16(21)14-8-5-9-19(14)24(2,22)23/h4,6-7,10,14H,3,5,8-9,11H2,1-2H3,(H,17,20)(H,18,21). The zero-order valence-corrected chi connectivity index (χ0v) is 14.7. The maximum Gasteiger partial charge on any atom is 0.251 e. The lowest BCUT2D eigenvalue weighted by Crippen LogP contribution is -2.45. The van der Waals surface area contributed by atoms with Crippen LogP contribution in [0.4, 0.5) is 0 Å². The molecular weight excluding hydrogens is 330 g/mol. The molecule has 0 spiro atoms. The molecule has 1 aromatic carbocycles. The normalized spacial score (nSPS) is 18.3. The lowest BCUT2D eigenvalue weighted by Gasteiger charge is -2.21. The molecule has 132 valence electrons. The maximum atomic E-state index is 12.3. The van der Waals surface area contributed by atoms with Gasteiger partial charge in [0.2, 0.25) is 15.9 Å². The molecule has 2 N–H and O–H groups in total. The number of amides is 2. The van der Waals surface area contributed by atoms with Gasteiger partial charge < -0.3 is 10.6 Å². The van der Waals surface area contributed by atoms with E-state index in [9.17, 15) is 18.0 Å². The molecule has 0 saturated carbocycles. The zero-order chi connectivity index (χ0) is 17.7. The van der Waals surface area contributed by atoms with Crippen LogP contribution in [0.15, 0.2) is 24.3 Å². The first kappa shape index (κ1) is 18.4. The molecule has 1 aromatic rings. The zero-order valence-electron chi connectivity index (χ0n) is 13.9. The van der Waals surface area contributed by atoms with Crippen molar-refractivity contribution in [1.29, 1.82) is 0 Å². The summed E-state index contributed by atoms with van der Waals surface area (Å²) < 4.78 is 24.7. The number of carbonyl (C=O) groups excluding carboxylic acids is 2. The Bertz CT molecular complexity index is 718. The van der Waals surface area contributed by atoms with Crippen molar-refractivity contribution >= 4 is 21.8 Å². The molecular formula is C16H23N3O4S. The first-order valence-corrected chi connectivity index (χ1v) is 9.79. The summed E-state index contributed by atoms with van der Waals surface area (Å²) in [4.78, 5) is 24.1. The number of carbonyl (C=O) groups is 2. The molecule has 1 unspecified atom stereocenters. The topological polar surface area (TPSA) is 95.6 Å². The molecule has 0 aliphatic carbocycles. The van der Waals surface area contributed by atoms with E-state index < -0.39 is 16.1 Å². The highest BCUT2D eigenvalue weighted by molar-refractivity contribution is 7.88. The molecule has 0 aromatic heterocycles. The minimum atomic E-state index is -3.38. The number of nitrogens with one attached hydrogen (secondary N) is 2. The SMILES string of the molecule is CCNC(=O)c1cccc(CNC(=O)C2CCCN2S(C)(=O)=O)c1. The van der Waals surface area contributed by atoms with Crippen molar-refractivity contribution in [3.63, 3.8) is 0 Å². The predicted molar refractivity (Wildman–Crippen MR) is 90.9 cm³/mol. The molecule has 1 atom stereocenters. The quantitative estimate of drug-likeness (QED) is 0.777. The molecule has 0 radical (unpaired) electrons. The monoisotopic (exact) mass is 353 g/mol. The van der Waals surface area contributed by atoms with Gasteiger partial charge in [-0.05, 0) is 37.5 Å². The van der Waals surface area contributed by atoms with E-state index in [-0.39, 0.29) is 18.4 Å². The van der Waals surface area contributed by atoms with E-state index in [1.807, 2.05) is 13.0 Å². The summed E-state index contributed by atoms with van der Waals surface area (Å²) in [5.74, 6) is -0.467. The highest BCUT2D eigenvalue weighted by atomic mass is 32.2. The van der Waals surface area contributed by atoms with Crippen LogP contribution in [0, 0.1) is 0 Å². The Labute approximate surface area is 142 Å². The number of benzene rings is 1. The van der Waals surface area contributed by atoms with Crippen molar-refractivity contribution in [3.8, 4) is 0 Å². The van der Waals surface area contributed by atoms with Crippen LogP contribution in [-0.4, -0.2) is 49.9 Å². The van der Waals surface area contributed by atoms with E-state index in [1.54, 1.807) is 18.2 Å². The van der Waals surface area contributed by atoms with Crippen LogP contribution in [0.25, 0.3) is 0 Å². The minimum absolute atomic E-state index is 0.162. The van der Waals surface area contributed by atoms with Crippen LogP contribution in [0.1, 0.15) is 35.7 Å². The van der Waals surface area contributed by atoms with Crippen LogP contribution in [0.2, 0.25) is 0 Å². The van der Waals surface area contributed by atoms with Gasteiger partial charge in [0.15, 0.2) is 0 Å². The molecule has 8 heteroatoms. The van der Waals surface area contributed by atoms with Crippen LogP contribution < -0.4 is 10.6 Å². The van der Waals surface area contributed by atoms with Gasteiger partial charge in [0.05, 0.1) is 6.26 Å². The highest BCUT2D eigenvalue weighted by Gasteiger charge is 2.36. The highest BCUT2D eigenvalue weighted by Crippen LogP contribution is 2.20. The fourth-order valence-corrected chi connectivity index (χ4v) is 3.92. The second-order valence-electron chi connectivity index (χ2n) is 5.81. The molecule has 0 bridgehead atoms. The lowest BCUT2D eigenvalue weighted by molar-refractivity contribution is -0.124. The fourth-order valence-electron chi connectivity index (χ4n) is 2.79. The van der Waals surface area contributed by atoms with Crippen molar-refractivity contribution in [2.75, 3.05) is 19.3 Å². The second-order valence-corrected chi connectivity index (χ2v) is 7.74. The van der Waals surface area contributed by atoms with E-state index in [0.29, 0.717) is 31.5 Å². The van der Waals surface area contributed by atoms with Crippen molar-refractivity contribution in [3.05, 3.63) is 35.4 Å². The van der Waals surface area contributed by atoms with Crippen molar-refractivity contribution in [1.82, 2.24) is 14.9 Å². The van der Waals surface area contributed by atoms with Crippen molar-refractivity contribution in [2.24, 2.45) is 0 Å². The summed E-state index contributed by atoms with van der Waals surface area (Å²) in [5, 5.41) is 5.49. The van der Waals surface area contributed by atoms with E-state index in [4.69, 9.17) is 0 Å². The third-order valence-corrected chi connectivity index (χ3v) is 5.21. The van der Waals surface area contributed by atoms with Gasteiger partial charge in [0.1, 0.15) is 6.04 Å². The van der Waals surface area contributed by atoms with Crippen LogP contribution >= 0.6 is 0 Å². The first-order valence-electron chi connectivity index (χ1n) is 7.94. The van der Waals surface area contributed by atoms with E-state index in [1.165, 1.54) is 4.31 Å². The van der Waals surface area contributed by atoms with Crippen LogP contribution in [-0.2, 0) is 21.4 Å². The molecule has 2 amide bonds. The lowest BCUT2D eigenvalue weighted by atomic mass is 10.1. The van der Waals surface area contributed by atoms with Gasteiger partial charge in [-0.25, -0.2) is 8.42 Å². The molecule has 1 aliphatic heterocycles. The smallest absolute Gasteiger partial charge is 0.251 e. The van der Waals surface area contributed by atoms with Gasteiger partial charge >= 0.3 is 0 Å². The molecule has 1 heterocycles. The van der Waals surface area contributed by atoms with E-state index in [2.05, 4.69) is 10.6 Å². The van der Waals surface area contributed by atoms with Gasteiger partial charge in [0.25, 0.3) is 5.91 Å². The second kappa shape index (κ2) is 7.76.